The van der Waals surface area contributed by atoms with Crippen LogP contribution >= 0.6 is 0 Å². The van der Waals surface area contributed by atoms with Crippen LogP contribution in [0.1, 0.15) is 25.3 Å². The van der Waals surface area contributed by atoms with Crippen LogP contribution in [0.3, 0.4) is 0 Å². The van der Waals surface area contributed by atoms with Crippen LogP contribution in [0, 0.1) is 0 Å². The van der Waals surface area contributed by atoms with Crippen LogP contribution in [0.2, 0.25) is 0 Å². The molecular weight excluding hydrogens is 259 g/mol. The van der Waals surface area contributed by atoms with Crippen molar-refractivity contribution in [1.82, 2.24) is 0 Å². The molecule has 0 atom stereocenters. The third-order valence-corrected chi connectivity index (χ3v) is 2.11. The predicted molar refractivity (Wildman–Crippen MR) is 62.7 cm³/mol. The SMILES string of the molecule is CCCCc1ccc[cH-]1.[Zr+2].c1cc[cH-]c1. The van der Waals surface area contributed by atoms with Crippen molar-refractivity contribution in [3.63, 3.8) is 0 Å². The quantitative estimate of drug-likeness (QED) is 0.739. The summed E-state index contributed by atoms with van der Waals surface area (Å²) in [6.07, 6.45) is 3.87. The van der Waals surface area contributed by atoms with E-state index in [0.29, 0.717) is 0 Å². The molecular formula is C14H18Zr. The van der Waals surface area contributed by atoms with Crippen LogP contribution in [0.25, 0.3) is 0 Å². The van der Waals surface area contributed by atoms with E-state index in [-0.39, 0.29) is 26.2 Å². The molecule has 0 bridgehead atoms. The summed E-state index contributed by atoms with van der Waals surface area (Å²) in [5.41, 5.74) is 1.48. The zero-order valence-electron chi connectivity index (χ0n) is 9.32. The first-order valence-electron chi connectivity index (χ1n) is 5.30. The maximum atomic E-state index is 2.23. The summed E-state index contributed by atoms with van der Waals surface area (Å²) in [6.45, 7) is 2.23. The summed E-state index contributed by atoms with van der Waals surface area (Å²) < 4.78 is 0. The van der Waals surface area contributed by atoms with Gasteiger partial charge in [-0.1, -0.05) is 26.2 Å². The van der Waals surface area contributed by atoms with Gasteiger partial charge in [0.2, 0.25) is 0 Å². The van der Waals surface area contributed by atoms with Crippen molar-refractivity contribution in [2.45, 2.75) is 26.2 Å². The molecule has 0 saturated heterocycles. The predicted octanol–water partition coefficient (Wildman–Crippen LogP) is 4.15. The monoisotopic (exact) mass is 276 g/mol. The van der Waals surface area contributed by atoms with Crippen molar-refractivity contribution in [3.05, 3.63) is 60.2 Å². The summed E-state index contributed by atoms with van der Waals surface area (Å²) in [7, 11) is 0. The number of aryl methyl sites for hydroxylation is 1. The first-order chi connectivity index (χ1) is 6.93. The zero-order valence-corrected chi connectivity index (χ0v) is 11.8. The molecule has 0 aliphatic rings. The average molecular weight is 278 g/mol. The van der Waals surface area contributed by atoms with Gasteiger partial charge in [-0.2, -0.15) is 35.9 Å². The van der Waals surface area contributed by atoms with Crippen LogP contribution < -0.4 is 0 Å². The van der Waals surface area contributed by atoms with Gasteiger partial charge < -0.3 is 0 Å². The minimum atomic E-state index is 0. The van der Waals surface area contributed by atoms with Gasteiger partial charge in [0.15, 0.2) is 0 Å². The van der Waals surface area contributed by atoms with Crippen LogP contribution in [0.5, 0.6) is 0 Å². The minimum absolute atomic E-state index is 0. The largest absolute Gasteiger partial charge is 2.00 e. The molecule has 0 aromatic heterocycles. The molecule has 0 radical (unpaired) electrons. The molecule has 0 N–H and O–H groups in total. The van der Waals surface area contributed by atoms with Gasteiger partial charge in [-0.3, -0.25) is 0 Å². The Morgan fingerprint density at radius 3 is 2.20 bits per heavy atom. The fourth-order valence-corrected chi connectivity index (χ4v) is 1.28. The van der Waals surface area contributed by atoms with E-state index in [0.717, 1.165) is 0 Å². The third kappa shape index (κ3) is 7.50. The van der Waals surface area contributed by atoms with Gasteiger partial charge in [0.05, 0.1) is 0 Å². The van der Waals surface area contributed by atoms with Crippen LogP contribution in [-0.4, -0.2) is 0 Å². The molecule has 2 aromatic carbocycles. The van der Waals surface area contributed by atoms with Gasteiger partial charge in [0, 0.05) is 0 Å². The molecule has 15 heavy (non-hydrogen) atoms. The second kappa shape index (κ2) is 10.1. The Labute approximate surface area is 112 Å². The Kier molecular flexibility index (Phi) is 9.83. The molecule has 0 amide bonds. The molecule has 0 aliphatic heterocycles. The summed E-state index contributed by atoms with van der Waals surface area (Å²) in [6, 6.07) is 18.6. The van der Waals surface area contributed by atoms with E-state index in [1.165, 1.54) is 24.8 Å². The van der Waals surface area contributed by atoms with Gasteiger partial charge in [-0.15, -0.1) is 0 Å². The van der Waals surface area contributed by atoms with Crippen molar-refractivity contribution >= 4 is 0 Å². The van der Waals surface area contributed by atoms with E-state index in [4.69, 9.17) is 0 Å². The van der Waals surface area contributed by atoms with Gasteiger partial charge in [-0.05, 0) is 0 Å². The fourth-order valence-electron chi connectivity index (χ4n) is 1.28. The van der Waals surface area contributed by atoms with E-state index < -0.39 is 0 Å². The van der Waals surface area contributed by atoms with E-state index in [1.54, 1.807) is 0 Å². The van der Waals surface area contributed by atoms with E-state index in [9.17, 15) is 0 Å². The normalized spacial score (nSPS) is 8.60. The van der Waals surface area contributed by atoms with Gasteiger partial charge in [-0.25, -0.2) is 24.3 Å². The molecule has 0 nitrogen and oxygen atoms in total. The second-order valence-corrected chi connectivity index (χ2v) is 3.36. The maximum absolute atomic E-state index is 2.23. The van der Waals surface area contributed by atoms with Gasteiger partial charge in [0.25, 0.3) is 0 Å². The van der Waals surface area contributed by atoms with Crippen molar-refractivity contribution < 1.29 is 26.2 Å². The molecule has 2 rings (SSSR count). The summed E-state index contributed by atoms with van der Waals surface area (Å²) in [4.78, 5) is 0. The fraction of sp³-hybridized carbons (Fsp3) is 0.286. The molecule has 2 aromatic rings. The number of unbranched alkanes of at least 4 members (excludes halogenated alkanes) is 1. The molecule has 0 heterocycles. The van der Waals surface area contributed by atoms with Crippen molar-refractivity contribution in [2.24, 2.45) is 0 Å². The van der Waals surface area contributed by atoms with E-state index in [1.807, 2.05) is 30.3 Å². The number of hydrogen-bond donors (Lipinski definition) is 0. The first kappa shape index (κ1) is 14.6. The molecule has 0 spiro atoms. The number of rotatable bonds is 3. The maximum Gasteiger partial charge on any atom is 2.00 e. The Morgan fingerprint density at radius 2 is 1.80 bits per heavy atom. The Balaban J connectivity index is 0.000000280. The van der Waals surface area contributed by atoms with Gasteiger partial charge in [0.1, 0.15) is 0 Å². The Hall–Kier alpha value is -0.417. The topological polar surface area (TPSA) is 0 Å². The summed E-state index contributed by atoms with van der Waals surface area (Å²) in [5, 5.41) is 0. The smallest absolute Gasteiger partial charge is 0.214 e. The zero-order chi connectivity index (χ0) is 10.1. The standard InChI is InChI=1S/C9H13.C5H5.Zr/c1-2-3-6-9-7-4-5-8-9;1-2-4-5-3-1;/h4-5,7-8H,2-3,6H2,1H3;1-5H;/q2*-1;+2. The van der Waals surface area contributed by atoms with Crippen molar-refractivity contribution in [2.75, 3.05) is 0 Å². The Morgan fingerprint density at radius 1 is 1.07 bits per heavy atom. The van der Waals surface area contributed by atoms with Crippen molar-refractivity contribution in [1.29, 1.82) is 0 Å². The van der Waals surface area contributed by atoms with E-state index in [2.05, 4.69) is 31.2 Å². The minimum Gasteiger partial charge on any atom is -0.214 e. The number of hydrogen-bond acceptors (Lipinski definition) is 0. The molecule has 1 heteroatoms. The molecule has 0 aliphatic carbocycles. The van der Waals surface area contributed by atoms with Crippen LogP contribution in [0.15, 0.2) is 54.6 Å². The van der Waals surface area contributed by atoms with Crippen LogP contribution in [-0.2, 0) is 32.6 Å². The molecule has 0 unspecified atom stereocenters. The summed E-state index contributed by atoms with van der Waals surface area (Å²) >= 11 is 0. The molecule has 0 saturated carbocycles. The van der Waals surface area contributed by atoms with Crippen molar-refractivity contribution in [3.8, 4) is 0 Å². The van der Waals surface area contributed by atoms with E-state index >= 15 is 0 Å². The Bertz CT molecular complexity index is 262. The summed E-state index contributed by atoms with van der Waals surface area (Å²) in [5.74, 6) is 0. The molecule has 78 valence electrons. The first-order valence-corrected chi connectivity index (χ1v) is 5.30. The average Bonchev–Trinajstić information content (AvgIpc) is 2.90. The van der Waals surface area contributed by atoms with Crippen LogP contribution in [0.4, 0.5) is 0 Å². The van der Waals surface area contributed by atoms with Gasteiger partial charge >= 0.3 is 26.2 Å². The second-order valence-electron chi connectivity index (χ2n) is 3.36. The third-order valence-electron chi connectivity index (χ3n) is 2.11. The molecule has 0 fully saturated rings.